The second kappa shape index (κ2) is 9.30. The average Bonchev–Trinajstić information content (AvgIpc) is 2.58. The molecular formula is C17H26N2O3. The molecule has 22 heavy (non-hydrogen) atoms. The fraction of sp³-hybridized carbons (Fsp3) is 0.588. The number of para-hydroxylation sites is 1. The highest BCUT2D eigenvalue weighted by Gasteiger charge is 2.21. The maximum atomic E-state index is 11.7. The van der Waals surface area contributed by atoms with Crippen molar-refractivity contribution in [3.8, 4) is 5.75 Å². The number of benzene rings is 1. The maximum absolute atomic E-state index is 11.7. The molecule has 0 radical (unpaired) electrons. The Balaban J connectivity index is 1.54. The molecule has 1 aromatic rings. The minimum absolute atomic E-state index is 0.258. The number of urea groups is 1. The number of rotatable bonds is 7. The van der Waals surface area contributed by atoms with Gasteiger partial charge in [0.25, 0.3) is 0 Å². The van der Waals surface area contributed by atoms with E-state index in [4.69, 9.17) is 4.74 Å². The summed E-state index contributed by atoms with van der Waals surface area (Å²) in [5, 5.41) is 15.5. The molecular weight excluding hydrogens is 280 g/mol. The van der Waals surface area contributed by atoms with E-state index in [0.29, 0.717) is 25.6 Å². The van der Waals surface area contributed by atoms with Crippen molar-refractivity contribution in [1.29, 1.82) is 0 Å². The number of hydrogen-bond acceptors (Lipinski definition) is 3. The smallest absolute Gasteiger partial charge is 0.315 e. The lowest BCUT2D eigenvalue weighted by atomic mass is 9.85. The van der Waals surface area contributed by atoms with Gasteiger partial charge in [-0.05, 0) is 30.9 Å². The Morgan fingerprint density at radius 3 is 2.64 bits per heavy atom. The maximum Gasteiger partial charge on any atom is 0.315 e. The zero-order valence-corrected chi connectivity index (χ0v) is 13.0. The van der Waals surface area contributed by atoms with Gasteiger partial charge in [0.2, 0.25) is 0 Å². The van der Waals surface area contributed by atoms with Crippen LogP contribution >= 0.6 is 0 Å². The van der Waals surface area contributed by atoms with Crippen molar-refractivity contribution in [2.45, 2.75) is 38.2 Å². The second-order valence-electron chi connectivity index (χ2n) is 5.76. The van der Waals surface area contributed by atoms with Gasteiger partial charge in [-0.2, -0.15) is 0 Å². The quantitative estimate of drug-likeness (QED) is 0.677. The van der Waals surface area contributed by atoms with E-state index in [1.807, 2.05) is 30.3 Å². The van der Waals surface area contributed by atoms with Crippen LogP contribution in [-0.4, -0.2) is 36.9 Å². The number of nitrogens with one attached hydrogen (secondary N) is 2. The van der Waals surface area contributed by atoms with Crippen LogP contribution in [0.25, 0.3) is 0 Å². The van der Waals surface area contributed by atoms with Gasteiger partial charge in [0.1, 0.15) is 12.4 Å². The molecule has 1 fully saturated rings. The predicted octanol–water partition coefficient (Wildman–Crippen LogP) is 2.31. The standard InChI is InChI=1S/C17H26N2O3/c20-16(14-7-3-1-4-8-14)13-19-17(21)18-11-12-22-15-9-5-2-6-10-15/h2,5-6,9-10,14,16,20H,1,3-4,7-8,11-13H2,(H2,18,19,21)/t16-/m0/s1. The van der Waals surface area contributed by atoms with Gasteiger partial charge in [-0.1, -0.05) is 37.5 Å². The van der Waals surface area contributed by atoms with Crippen molar-refractivity contribution in [2.24, 2.45) is 5.92 Å². The summed E-state index contributed by atoms with van der Waals surface area (Å²) >= 11 is 0. The zero-order valence-electron chi connectivity index (χ0n) is 13.0. The van der Waals surface area contributed by atoms with Crippen LogP contribution in [0, 0.1) is 5.92 Å². The van der Waals surface area contributed by atoms with Gasteiger partial charge in [-0.15, -0.1) is 0 Å². The van der Waals surface area contributed by atoms with Crippen LogP contribution in [0.2, 0.25) is 0 Å². The third-order valence-electron chi connectivity index (χ3n) is 4.07. The molecule has 5 nitrogen and oxygen atoms in total. The Hall–Kier alpha value is -1.75. The first kappa shape index (κ1) is 16.6. The Morgan fingerprint density at radius 2 is 1.91 bits per heavy atom. The summed E-state index contributed by atoms with van der Waals surface area (Å²) < 4.78 is 5.49. The molecule has 122 valence electrons. The molecule has 0 bridgehead atoms. The van der Waals surface area contributed by atoms with Gasteiger partial charge >= 0.3 is 6.03 Å². The van der Waals surface area contributed by atoms with E-state index in [-0.39, 0.29) is 6.03 Å². The lowest BCUT2D eigenvalue weighted by molar-refractivity contribution is 0.0858. The lowest BCUT2D eigenvalue weighted by Gasteiger charge is -2.26. The first-order valence-corrected chi connectivity index (χ1v) is 8.13. The normalized spacial score (nSPS) is 16.8. The van der Waals surface area contributed by atoms with Crippen LogP contribution in [-0.2, 0) is 0 Å². The highest BCUT2D eigenvalue weighted by atomic mass is 16.5. The van der Waals surface area contributed by atoms with Gasteiger partial charge in [-0.3, -0.25) is 0 Å². The molecule has 0 heterocycles. The molecule has 1 atom stereocenters. The summed E-state index contributed by atoms with van der Waals surface area (Å²) in [6.45, 7) is 1.17. The SMILES string of the molecule is O=C(NCCOc1ccccc1)NC[C@H](O)C1CCCCC1. The fourth-order valence-electron chi connectivity index (χ4n) is 2.80. The van der Waals surface area contributed by atoms with E-state index >= 15 is 0 Å². The van der Waals surface area contributed by atoms with Crippen LogP contribution in [0.5, 0.6) is 5.75 Å². The second-order valence-corrected chi connectivity index (χ2v) is 5.76. The first-order chi connectivity index (χ1) is 10.8. The van der Waals surface area contributed by atoms with Gasteiger partial charge in [0.05, 0.1) is 12.6 Å². The molecule has 1 aromatic carbocycles. The number of ether oxygens (including phenoxy) is 1. The van der Waals surface area contributed by atoms with Crippen molar-refractivity contribution >= 4 is 6.03 Å². The molecule has 0 saturated heterocycles. The Labute approximate surface area is 132 Å². The van der Waals surface area contributed by atoms with Crippen molar-refractivity contribution in [2.75, 3.05) is 19.7 Å². The zero-order chi connectivity index (χ0) is 15.6. The summed E-state index contributed by atoms with van der Waals surface area (Å²) in [4.78, 5) is 11.7. The number of carbonyl (C=O) groups excluding carboxylic acids is 1. The summed E-state index contributed by atoms with van der Waals surface area (Å²) in [5.41, 5.74) is 0. The van der Waals surface area contributed by atoms with Gasteiger partial charge in [0, 0.05) is 6.54 Å². The van der Waals surface area contributed by atoms with Crippen LogP contribution in [0.1, 0.15) is 32.1 Å². The van der Waals surface area contributed by atoms with E-state index in [2.05, 4.69) is 10.6 Å². The molecule has 5 heteroatoms. The molecule has 0 unspecified atom stereocenters. The number of aliphatic hydroxyl groups excluding tert-OH is 1. The van der Waals surface area contributed by atoms with Crippen molar-refractivity contribution in [3.63, 3.8) is 0 Å². The Kier molecular flexibility index (Phi) is 7.03. The number of aliphatic hydroxyl groups is 1. The number of hydrogen-bond donors (Lipinski definition) is 3. The summed E-state index contributed by atoms with van der Waals surface area (Å²) in [7, 11) is 0. The molecule has 1 saturated carbocycles. The van der Waals surface area contributed by atoms with Crippen molar-refractivity contribution in [3.05, 3.63) is 30.3 Å². The molecule has 0 aromatic heterocycles. The number of carbonyl (C=O) groups is 1. The van der Waals surface area contributed by atoms with E-state index in [9.17, 15) is 9.90 Å². The van der Waals surface area contributed by atoms with Crippen LogP contribution in [0.3, 0.4) is 0 Å². The van der Waals surface area contributed by atoms with E-state index in [1.54, 1.807) is 0 Å². The van der Waals surface area contributed by atoms with Crippen molar-refractivity contribution < 1.29 is 14.6 Å². The summed E-state index contributed by atoms with van der Waals surface area (Å²) in [6, 6.07) is 9.23. The van der Waals surface area contributed by atoms with E-state index in [1.165, 1.54) is 19.3 Å². The van der Waals surface area contributed by atoms with Gasteiger partial charge in [0.15, 0.2) is 0 Å². The third kappa shape index (κ3) is 5.93. The first-order valence-electron chi connectivity index (χ1n) is 8.13. The topological polar surface area (TPSA) is 70.6 Å². The van der Waals surface area contributed by atoms with Crippen molar-refractivity contribution in [1.82, 2.24) is 10.6 Å². The summed E-state index contributed by atoms with van der Waals surface area (Å²) in [5.74, 6) is 1.12. The molecule has 3 N–H and O–H groups in total. The van der Waals surface area contributed by atoms with Crippen LogP contribution in [0.15, 0.2) is 30.3 Å². The molecule has 2 amide bonds. The van der Waals surface area contributed by atoms with E-state index < -0.39 is 6.10 Å². The highest BCUT2D eigenvalue weighted by molar-refractivity contribution is 5.73. The van der Waals surface area contributed by atoms with Gasteiger partial charge < -0.3 is 20.5 Å². The molecule has 0 aliphatic heterocycles. The molecule has 0 spiro atoms. The minimum Gasteiger partial charge on any atom is -0.492 e. The average molecular weight is 306 g/mol. The predicted molar refractivity (Wildman–Crippen MR) is 85.9 cm³/mol. The monoisotopic (exact) mass is 306 g/mol. The van der Waals surface area contributed by atoms with Crippen LogP contribution in [0.4, 0.5) is 4.79 Å². The minimum atomic E-state index is -0.438. The Morgan fingerprint density at radius 1 is 1.18 bits per heavy atom. The largest absolute Gasteiger partial charge is 0.492 e. The fourth-order valence-corrected chi connectivity index (χ4v) is 2.80. The van der Waals surface area contributed by atoms with E-state index in [0.717, 1.165) is 18.6 Å². The number of amides is 2. The van der Waals surface area contributed by atoms with Crippen LogP contribution < -0.4 is 15.4 Å². The van der Waals surface area contributed by atoms with Gasteiger partial charge in [-0.25, -0.2) is 4.79 Å². The molecule has 1 aliphatic rings. The molecule has 1 aliphatic carbocycles. The highest BCUT2D eigenvalue weighted by Crippen LogP contribution is 2.26. The lowest BCUT2D eigenvalue weighted by Crippen LogP contribution is -2.43. The Bertz CT molecular complexity index is 433. The third-order valence-corrected chi connectivity index (χ3v) is 4.07. The summed E-state index contributed by atoms with van der Waals surface area (Å²) in [6.07, 6.45) is 5.32. The molecule has 2 rings (SSSR count).